The zero-order valence-corrected chi connectivity index (χ0v) is 12.8. The molecule has 0 fully saturated rings. The van der Waals surface area contributed by atoms with Gasteiger partial charge >= 0.3 is 0 Å². The Labute approximate surface area is 115 Å². The van der Waals surface area contributed by atoms with Gasteiger partial charge in [-0.2, -0.15) is 0 Å². The minimum absolute atomic E-state index is 0.164. The van der Waals surface area contributed by atoms with Crippen LogP contribution in [0.1, 0.15) is 23.5 Å². The molecule has 1 aromatic heterocycles. The molecule has 0 saturated heterocycles. The van der Waals surface area contributed by atoms with Crippen molar-refractivity contribution < 1.29 is 9.53 Å². The quantitative estimate of drug-likeness (QED) is 0.723. The molecule has 0 N–H and O–H groups in total. The molecule has 0 aliphatic carbocycles. The van der Waals surface area contributed by atoms with Gasteiger partial charge in [-0.25, -0.2) is 0 Å². The van der Waals surface area contributed by atoms with Gasteiger partial charge in [0.2, 0.25) is 0 Å². The highest BCUT2D eigenvalue weighted by atomic mass is 79.9. The number of rotatable bonds is 7. The fourth-order valence-electron chi connectivity index (χ4n) is 1.67. The van der Waals surface area contributed by atoms with E-state index < -0.39 is 0 Å². The predicted molar refractivity (Wildman–Crippen MR) is 74.9 cm³/mol. The average molecular weight is 320 g/mol. The van der Waals surface area contributed by atoms with Crippen LogP contribution >= 0.6 is 27.3 Å². The maximum atomic E-state index is 12.1. The van der Waals surface area contributed by atoms with Gasteiger partial charge in [0, 0.05) is 17.6 Å². The van der Waals surface area contributed by atoms with Gasteiger partial charge in [-0.05, 0) is 40.8 Å². The Hall–Kier alpha value is -0.230. The molecule has 0 aliphatic rings. The van der Waals surface area contributed by atoms with E-state index in [0.29, 0.717) is 13.2 Å². The van der Waals surface area contributed by atoms with Crippen molar-refractivity contribution in [3.63, 3.8) is 0 Å². The van der Waals surface area contributed by atoms with E-state index in [1.807, 2.05) is 11.4 Å². The minimum atomic E-state index is 0.164. The number of carbonyl (C=O) groups excluding carboxylic acids is 1. The van der Waals surface area contributed by atoms with Crippen LogP contribution in [0.2, 0.25) is 0 Å². The molecular weight excluding hydrogens is 302 g/mol. The summed E-state index contributed by atoms with van der Waals surface area (Å²) < 4.78 is 6.01. The number of halogens is 1. The van der Waals surface area contributed by atoms with Gasteiger partial charge in [0.1, 0.15) is 0 Å². The standard InChI is InChI=1S/C12H18BrNO2S/c1-4-14(9(2)8-16-3)7-11(15)12-10(13)5-6-17-12/h5-6,9H,4,7-8H2,1-3H3. The van der Waals surface area contributed by atoms with E-state index in [9.17, 15) is 4.79 Å². The molecule has 1 aromatic rings. The second-order valence-electron chi connectivity index (χ2n) is 3.89. The Bertz CT molecular complexity index is 367. The molecule has 0 saturated carbocycles. The van der Waals surface area contributed by atoms with Gasteiger partial charge in [-0.1, -0.05) is 6.92 Å². The predicted octanol–water partition coefficient (Wildman–Crippen LogP) is 3.05. The molecule has 1 heterocycles. The molecule has 17 heavy (non-hydrogen) atoms. The monoisotopic (exact) mass is 319 g/mol. The first kappa shape index (κ1) is 14.8. The molecule has 1 atom stereocenters. The maximum absolute atomic E-state index is 12.1. The third-order valence-corrected chi connectivity index (χ3v) is 4.53. The van der Waals surface area contributed by atoms with Crippen molar-refractivity contribution >= 4 is 33.0 Å². The summed E-state index contributed by atoms with van der Waals surface area (Å²) in [7, 11) is 1.68. The van der Waals surface area contributed by atoms with Crippen LogP contribution in [0.3, 0.4) is 0 Å². The number of nitrogens with zero attached hydrogens (tertiary/aromatic N) is 1. The first-order valence-electron chi connectivity index (χ1n) is 5.59. The first-order valence-corrected chi connectivity index (χ1v) is 7.26. The summed E-state index contributed by atoms with van der Waals surface area (Å²) in [4.78, 5) is 15.0. The molecule has 0 bridgehead atoms. The van der Waals surface area contributed by atoms with E-state index in [0.717, 1.165) is 15.9 Å². The smallest absolute Gasteiger partial charge is 0.187 e. The van der Waals surface area contributed by atoms with E-state index in [1.54, 1.807) is 7.11 Å². The van der Waals surface area contributed by atoms with Crippen LogP contribution in [-0.4, -0.2) is 43.5 Å². The van der Waals surface area contributed by atoms with Crippen molar-refractivity contribution in [1.82, 2.24) is 4.90 Å². The van der Waals surface area contributed by atoms with Crippen molar-refractivity contribution in [2.45, 2.75) is 19.9 Å². The molecule has 5 heteroatoms. The molecule has 3 nitrogen and oxygen atoms in total. The van der Waals surface area contributed by atoms with Crippen LogP contribution in [0.25, 0.3) is 0 Å². The number of hydrogen-bond acceptors (Lipinski definition) is 4. The molecular formula is C12H18BrNO2S. The number of ether oxygens (including phenoxy) is 1. The summed E-state index contributed by atoms with van der Waals surface area (Å²) in [6.07, 6.45) is 0. The Morgan fingerprint density at radius 3 is 2.82 bits per heavy atom. The lowest BCUT2D eigenvalue weighted by atomic mass is 10.2. The molecule has 1 unspecified atom stereocenters. The van der Waals surface area contributed by atoms with Crippen LogP contribution in [0, 0.1) is 0 Å². The second-order valence-corrected chi connectivity index (χ2v) is 5.66. The molecule has 0 amide bonds. The van der Waals surface area contributed by atoms with Gasteiger partial charge < -0.3 is 4.74 Å². The molecule has 1 rings (SSSR count). The Balaban J connectivity index is 2.63. The van der Waals surface area contributed by atoms with Gasteiger partial charge in [0.15, 0.2) is 5.78 Å². The van der Waals surface area contributed by atoms with E-state index in [2.05, 4.69) is 34.7 Å². The number of carbonyl (C=O) groups is 1. The average Bonchev–Trinajstić information content (AvgIpc) is 2.72. The van der Waals surface area contributed by atoms with E-state index in [-0.39, 0.29) is 11.8 Å². The zero-order valence-electron chi connectivity index (χ0n) is 10.4. The zero-order chi connectivity index (χ0) is 12.8. The highest BCUT2D eigenvalue weighted by Gasteiger charge is 2.18. The van der Waals surface area contributed by atoms with Crippen molar-refractivity contribution in [3.8, 4) is 0 Å². The lowest BCUT2D eigenvalue weighted by Crippen LogP contribution is -2.39. The fraction of sp³-hybridized carbons (Fsp3) is 0.583. The summed E-state index contributed by atoms with van der Waals surface area (Å²) in [5.41, 5.74) is 0. The van der Waals surface area contributed by atoms with Crippen LogP contribution in [0.5, 0.6) is 0 Å². The number of thiophene rings is 1. The molecule has 0 radical (unpaired) electrons. The SMILES string of the molecule is CCN(CC(=O)c1sccc1Br)C(C)COC. The van der Waals surface area contributed by atoms with Crippen LogP contribution in [0.4, 0.5) is 0 Å². The van der Waals surface area contributed by atoms with Crippen molar-refractivity contribution in [1.29, 1.82) is 0 Å². The highest BCUT2D eigenvalue weighted by molar-refractivity contribution is 9.10. The third kappa shape index (κ3) is 4.17. The number of likely N-dealkylation sites (N-methyl/N-ethyl adjacent to an activating group) is 1. The summed E-state index contributed by atoms with van der Waals surface area (Å²) in [5, 5.41) is 1.92. The number of hydrogen-bond donors (Lipinski definition) is 0. The van der Waals surface area contributed by atoms with Gasteiger partial charge in [-0.15, -0.1) is 11.3 Å². The van der Waals surface area contributed by atoms with Crippen molar-refractivity contribution in [2.24, 2.45) is 0 Å². The van der Waals surface area contributed by atoms with Gasteiger partial charge in [0.25, 0.3) is 0 Å². The van der Waals surface area contributed by atoms with E-state index in [4.69, 9.17) is 4.74 Å². The molecule has 96 valence electrons. The summed E-state index contributed by atoms with van der Waals surface area (Å²) in [5.74, 6) is 0.164. The van der Waals surface area contributed by atoms with Crippen LogP contribution in [0.15, 0.2) is 15.9 Å². The molecule has 0 aliphatic heterocycles. The van der Waals surface area contributed by atoms with E-state index >= 15 is 0 Å². The largest absolute Gasteiger partial charge is 0.383 e. The number of methoxy groups -OCH3 is 1. The van der Waals surface area contributed by atoms with Crippen molar-refractivity contribution in [3.05, 3.63) is 20.8 Å². The molecule has 0 aromatic carbocycles. The summed E-state index contributed by atoms with van der Waals surface area (Å²) >= 11 is 4.87. The number of Topliss-reactive ketones (excluding diaryl/α,β-unsaturated/α-hetero) is 1. The van der Waals surface area contributed by atoms with Crippen LogP contribution in [-0.2, 0) is 4.74 Å². The Morgan fingerprint density at radius 1 is 1.65 bits per heavy atom. The van der Waals surface area contributed by atoms with Gasteiger partial charge in [0.05, 0.1) is 18.0 Å². The van der Waals surface area contributed by atoms with Crippen molar-refractivity contribution in [2.75, 3.05) is 26.8 Å². The first-order chi connectivity index (χ1) is 8.10. The summed E-state index contributed by atoms with van der Waals surface area (Å²) in [6, 6.07) is 2.17. The Morgan fingerprint density at radius 2 is 2.35 bits per heavy atom. The normalized spacial score (nSPS) is 13.0. The lowest BCUT2D eigenvalue weighted by Gasteiger charge is -2.26. The van der Waals surface area contributed by atoms with Gasteiger partial charge in [-0.3, -0.25) is 9.69 Å². The Kier molecular flexibility index (Phi) is 6.33. The maximum Gasteiger partial charge on any atom is 0.187 e. The van der Waals surface area contributed by atoms with Crippen LogP contribution < -0.4 is 0 Å². The molecule has 0 spiro atoms. The highest BCUT2D eigenvalue weighted by Crippen LogP contribution is 2.23. The third-order valence-electron chi connectivity index (χ3n) is 2.65. The summed E-state index contributed by atoms with van der Waals surface area (Å²) in [6.45, 7) is 6.07. The fourth-order valence-corrected chi connectivity index (χ4v) is 3.20. The minimum Gasteiger partial charge on any atom is -0.383 e. The lowest BCUT2D eigenvalue weighted by molar-refractivity contribution is 0.0790. The topological polar surface area (TPSA) is 29.5 Å². The second kappa shape index (κ2) is 7.26. The van der Waals surface area contributed by atoms with E-state index in [1.165, 1.54) is 11.3 Å². The number of ketones is 1.